The van der Waals surface area contributed by atoms with Gasteiger partial charge in [0.15, 0.2) is 0 Å². The maximum atomic E-state index is 2.47. The second kappa shape index (κ2) is 14.3. The molecule has 0 saturated carbocycles. The maximum Gasteiger partial charge on any atom is 0.0677 e. The molecule has 0 fully saturated rings. The molecule has 1 aromatic heterocycles. The number of aromatic nitrogens is 1. The van der Waals surface area contributed by atoms with Crippen molar-refractivity contribution in [3.05, 3.63) is 253 Å². The van der Waals surface area contributed by atoms with Crippen LogP contribution in [0, 0.1) is 0 Å². The molecule has 0 aliphatic heterocycles. The SMILES string of the molecule is C1=CCCC(C2(c3ccccc3)c3ccccc3-c3ccc(N(c4ccccc4)c4ccc(-c5ccc(-n6c7ccccc7c7cc8ccccc8cc76)cc5)cc4)cc32)=C1. The van der Waals surface area contributed by atoms with E-state index in [2.05, 4.69) is 240 Å². The highest BCUT2D eigenvalue weighted by atomic mass is 15.1. The third-order valence-corrected chi connectivity index (χ3v) is 13.1. The van der Waals surface area contributed by atoms with E-state index in [0.717, 1.165) is 35.6 Å². The van der Waals surface area contributed by atoms with Gasteiger partial charge in [0.2, 0.25) is 0 Å². The van der Waals surface area contributed by atoms with Crippen LogP contribution in [0.25, 0.3) is 60.5 Å². The molecule has 0 saturated heterocycles. The number of anilines is 3. The van der Waals surface area contributed by atoms with Gasteiger partial charge >= 0.3 is 0 Å². The van der Waals surface area contributed by atoms with Crippen LogP contribution in [-0.2, 0) is 5.41 Å². The topological polar surface area (TPSA) is 8.17 Å². The Hall–Kier alpha value is -7.68. The van der Waals surface area contributed by atoms with E-state index >= 15 is 0 Å². The Bertz CT molecular complexity index is 3340. The van der Waals surface area contributed by atoms with Gasteiger partial charge in [0.05, 0.1) is 16.4 Å². The molecule has 1 heterocycles. The number of fused-ring (bicyclic) bond motifs is 7. The summed E-state index contributed by atoms with van der Waals surface area (Å²) in [5.74, 6) is 0. The average Bonchev–Trinajstić information content (AvgIpc) is 3.82. The summed E-state index contributed by atoms with van der Waals surface area (Å²) in [6, 6.07) is 78.4. The Labute approximate surface area is 356 Å². The highest BCUT2D eigenvalue weighted by Crippen LogP contribution is 2.58. The van der Waals surface area contributed by atoms with Gasteiger partial charge in [-0.3, -0.25) is 0 Å². The molecule has 0 amide bonds. The van der Waals surface area contributed by atoms with Crippen LogP contribution in [0.5, 0.6) is 0 Å². The molecule has 2 nitrogen and oxygen atoms in total. The minimum atomic E-state index is -0.390. The standard InChI is InChI=1S/C59H42N2/c1-4-18-45(19-5-1)59(46-20-6-2-7-21-46)55-26-14-12-24-51(55)52-37-36-50(40-56(52)59)60(47-22-8-3-9-23-47)48-32-28-41(29-33-48)42-30-34-49(35-31-42)61-57-27-15-13-25-53(57)54-38-43-16-10-11-17-44(43)39-58(54)61/h1-6,8-20,22-40H,7,21H2. The van der Waals surface area contributed by atoms with E-state index < -0.39 is 0 Å². The number of para-hydroxylation sites is 2. The molecule has 0 radical (unpaired) electrons. The molecule has 0 bridgehead atoms. The smallest absolute Gasteiger partial charge is 0.0677 e. The Morgan fingerprint density at radius 2 is 1.07 bits per heavy atom. The number of nitrogens with zero attached hydrogens (tertiary/aromatic N) is 2. The van der Waals surface area contributed by atoms with E-state index in [0.29, 0.717) is 0 Å². The first kappa shape index (κ1) is 35.3. The van der Waals surface area contributed by atoms with E-state index in [4.69, 9.17) is 0 Å². The fourth-order valence-corrected chi connectivity index (χ4v) is 10.4. The summed E-state index contributed by atoms with van der Waals surface area (Å²) in [6.45, 7) is 0. The second-order valence-electron chi connectivity index (χ2n) is 16.4. The zero-order chi connectivity index (χ0) is 40.3. The van der Waals surface area contributed by atoms with Crippen LogP contribution in [0.3, 0.4) is 0 Å². The van der Waals surface area contributed by atoms with E-state index in [-0.39, 0.29) is 5.41 Å². The van der Waals surface area contributed by atoms with E-state index in [1.54, 1.807) is 0 Å². The van der Waals surface area contributed by atoms with Crippen LogP contribution in [-0.4, -0.2) is 4.57 Å². The number of hydrogen-bond donors (Lipinski definition) is 0. The molecular formula is C59H42N2. The first-order valence-electron chi connectivity index (χ1n) is 21.4. The predicted octanol–water partition coefficient (Wildman–Crippen LogP) is 15.7. The van der Waals surface area contributed by atoms with Crippen LogP contribution < -0.4 is 4.90 Å². The van der Waals surface area contributed by atoms with Gasteiger partial charge in [-0.05, 0) is 129 Å². The zero-order valence-corrected chi connectivity index (χ0v) is 33.7. The summed E-state index contributed by atoms with van der Waals surface area (Å²) >= 11 is 0. The van der Waals surface area contributed by atoms with Gasteiger partial charge in [-0.25, -0.2) is 0 Å². The van der Waals surface area contributed by atoms with Gasteiger partial charge < -0.3 is 9.47 Å². The van der Waals surface area contributed by atoms with Crippen molar-refractivity contribution in [2.45, 2.75) is 18.3 Å². The maximum absolute atomic E-state index is 2.47. The lowest BCUT2D eigenvalue weighted by atomic mass is 9.65. The van der Waals surface area contributed by atoms with E-state index in [9.17, 15) is 0 Å². The molecular weight excluding hydrogens is 737 g/mol. The highest BCUT2D eigenvalue weighted by Gasteiger charge is 2.47. The molecule has 0 spiro atoms. The molecule has 2 aliphatic carbocycles. The van der Waals surface area contributed by atoms with E-state index in [1.807, 2.05) is 0 Å². The number of allylic oxidation sites excluding steroid dienone is 4. The van der Waals surface area contributed by atoms with E-state index in [1.165, 1.54) is 77.1 Å². The molecule has 61 heavy (non-hydrogen) atoms. The Morgan fingerprint density at radius 1 is 0.443 bits per heavy atom. The molecule has 288 valence electrons. The first-order chi connectivity index (χ1) is 30.3. The predicted molar refractivity (Wildman–Crippen MR) is 257 cm³/mol. The monoisotopic (exact) mass is 778 g/mol. The summed E-state index contributed by atoms with van der Waals surface area (Å²) in [6.07, 6.45) is 8.98. The Kier molecular flexibility index (Phi) is 8.24. The van der Waals surface area contributed by atoms with Gasteiger partial charge in [-0.15, -0.1) is 0 Å². The molecule has 1 unspecified atom stereocenters. The van der Waals surface area contributed by atoms with Crippen LogP contribution in [0.2, 0.25) is 0 Å². The van der Waals surface area contributed by atoms with Gasteiger partial charge in [0.25, 0.3) is 0 Å². The van der Waals surface area contributed by atoms with Crippen molar-refractivity contribution in [1.29, 1.82) is 0 Å². The first-order valence-corrected chi connectivity index (χ1v) is 21.4. The van der Waals surface area contributed by atoms with Crippen molar-refractivity contribution in [3.8, 4) is 27.9 Å². The molecule has 10 aromatic rings. The summed E-state index contributed by atoms with van der Waals surface area (Å²) in [5.41, 5.74) is 17.0. The summed E-state index contributed by atoms with van der Waals surface area (Å²) in [4.78, 5) is 2.41. The van der Waals surface area contributed by atoms with Crippen molar-refractivity contribution < 1.29 is 0 Å². The minimum Gasteiger partial charge on any atom is -0.310 e. The molecule has 1 atom stereocenters. The Morgan fingerprint density at radius 3 is 1.84 bits per heavy atom. The third-order valence-electron chi connectivity index (χ3n) is 13.1. The largest absolute Gasteiger partial charge is 0.310 e. The highest BCUT2D eigenvalue weighted by molar-refractivity contribution is 6.13. The fraction of sp³-hybridized carbons (Fsp3) is 0.0508. The van der Waals surface area contributed by atoms with Crippen LogP contribution >= 0.6 is 0 Å². The van der Waals surface area contributed by atoms with Crippen LogP contribution in [0.1, 0.15) is 29.5 Å². The van der Waals surface area contributed by atoms with Crippen LogP contribution in [0.15, 0.2) is 236 Å². The quantitative estimate of drug-likeness (QED) is 0.156. The molecule has 2 aliphatic rings. The van der Waals surface area contributed by atoms with Gasteiger partial charge in [-0.1, -0.05) is 169 Å². The lowest BCUT2D eigenvalue weighted by Gasteiger charge is -2.37. The molecule has 9 aromatic carbocycles. The normalized spacial score (nSPS) is 15.5. The molecule has 2 heteroatoms. The van der Waals surface area contributed by atoms with Crippen molar-refractivity contribution >= 4 is 49.6 Å². The number of rotatable bonds is 7. The average molecular weight is 779 g/mol. The fourth-order valence-electron chi connectivity index (χ4n) is 10.4. The van der Waals surface area contributed by atoms with Gasteiger partial charge in [0.1, 0.15) is 0 Å². The summed E-state index contributed by atoms with van der Waals surface area (Å²) in [7, 11) is 0. The third kappa shape index (κ3) is 5.56. The van der Waals surface area contributed by atoms with Gasteiger partial charge in [-0.2, -0.15) is 0 Å². The van der Waals surface area contributed by atoms with Crippen molar-refractivity contribution in [3.63, 3.8) is 0 Å². The number of hydrogen-bond acceptors (Lipinski definition) is 1. The molecule has 0 N–H and O–H groups in total. The van der Waals surface area contributed by atoms with Crippen molar-refractivity contribution in [2.75, 3.05) is 4.90 Å². The lowest BCUT2D eigenvalue weighted by Crippen LogP contribution is -2.30. The van der Waals surface area contributed by atoms with Gasteiger partial charge in [0, 0.05) is 33.5 Å². The summed E-state index contributed by atoms with van der Waals surface area (Å²) < 4.78 is 2.41. The molecule has 12 rings (SSSR count). The summed E-state index contributed by atoms with van der Waals surface area (Å²) in [5, 5.41) is 5.06. The van der Waals surface area contributed by atoms with Crippen LogP contribution in [0.4, 0.5) is 17.1 Å². The van der Waals surface area contributed by atoms with Crippen molar-refractivity contribution in [1.82, 2.24) is 4.57 Å². The second-order valence-corrected chi connectivity index (χ2v) is 16.4. The Balaban J connectivity index is 0.949. The van der Waals surface area contributed by atoms with Crippen molar-refractivity contribution in [2.24, 2.45) is 0 Å². The minimum absolute atomic E-state index is 0.390. The number of benzene rings is 9. The lowest BCUT2D eigenvalue weighted by molar-refractivity contribution is 0.693. The zero-order valence-electron chi connectivity index (χ0n) is 33.7.